The van der Waals surface area contributed by atoms with E-state index in [1.54, 1.807) is 0 Å². The van der Waals surface area contributed by atoms with E-state index in [2.05, 4.69) is 179 Å². The van der Waals surface area contributed by atoms with Crippen molar-refractivity contribution in [1.82, 2.24) is 0 Å². The number of allylic oxidation sites excluding steroid dienone is 26. The molecule has 6 heteroatoms. The third-order valence-corrected chi connectivity index (χ3v) is 12.5. The first kappa shape index (κ1) is 72.0. The summed E-state index contributed by atoms with van der Waals surface area (Å²) in [4.78, 5) is 38.2. The number of rotatable bonds is 54. The number of ether oxygens (including phenoxy) is 3. The predicted octanol–water partition coefficient (Wildman–Crippen LogP) is 21.3. The van der Waals surface area contributed by atoms with E-state index >= 15 is 0 Å². The molecule has 0 amide bonds. The molecular formula is C71H112O6. The molecule has 0 rings (SSSR count). The monoisotopic (exact) mass is 1060 g/mol. The highest BCUT2D eigenvalue weighted by Crippen LogP contribution is 2.13. The summed E-state index contributed by atoms with van der Waals surface area (Å²) in [7, 11) is 0. The molecule has 0 aliphatic rings. The van der Waals surface area contributed by atoms with Crippen LogP contribution in [0, 0.1) is 0 Å². The Morgan fingerprint density at radius 1 is 0.273 bits per heavy atom. The summed E-state index contributed by atoms with van der Waals surface area (Å²) in [6, 6.07) is 0. The van der Waals surface area contributed by atoms with Gasteiger partial charge in [-0.1, -0.05) is 243 Å². The summed E-state index contributed by atoms with van der Waals surface area (Å²) < 4.78 is 16.8. The lowest BCUT2D eigenvalue weighted by Gasteiger charge is -2.18. The van der Waals surface area contributed by atoms with E-state index < -0.39 is 6.10 Å². The molecule has 1 atom stereocenters. The fourth-order valence-corrected chi connectivity index (χ4v) is 7.91. The zero-order valence-corrected chi connectivity index (χ0v) is 49.4. The second-order valence-corrected chi connectivity index (χ2v) is 19.8. The Kier molecular flexibility index (Phi) is 59.5. The Balaban J connectivity index is 4.41. The molecule has 0 spiro atoms. The van der Waals surface area contributed by atoms with Crippen molar-refractivity contribution in [3.63, 3.8) is 0 Å². The molecule has 432 valence electrons. The highest BCUT2D eigenvalue weighted by atomic mass is 16.6. The maximum Gasteiger partial charge on any atom is 0.306 e. The van der Waals surface area contributed by atoms with E-state index in [9.17, 15) is 14.4 Å². The van der Waals surface area contributed by atoms with Gasteiger partial charge >= 0.3 is 17.9 Å². The lowest BCUT2D eigenvalue weighted by molar-refractivity contribution is -0.167. The van der Waals surface area contributed by atoms with Gasteiger partial charge in [-0.15, -0.1) is 0 Å². The van der Waals surface area contributed by atoms with Gasteiger partial charge in [0.1, 0.15) is 13.2 Å². The Hall–Kier alpha value is -4.97. The normalized spacial score (nSPS) is 13.2. The second-order valence-electron chi connectivity index (χ2n) is 19.8. The summed E-state index contributed by atoms with van der Waals surface area (Å²) in [6.07, 6.45) is 92.4. The highest BCUT2D eigenvalue weighted by Gasteiger charge is 2.19. The number of hydrogen-bond acceptors (Lipinski definition) is 6. The number of carbonyl (C=O) groups is 3. The average molecular weight is 1060 g/mol. The lowest BCUT2D eigenvalue weighted by atomic mass is 10.1. The van der Waals surface area contributed by atoms with Crippen molar-refractivity contribution >= 4 is 17.9 Å². The van der Waals surface area contributed by atoms with Gasteiger partial charge in [0.2, 0.25) is 0 Å². The fourth-order valence-electron chi connectivity index (χ4n) is 7.91. The zero-order valence-electron chi connectivity index (χ0n) is 49.4. The maximum absolute atomic E-state index is 12.9. The summed E-state index contributed by atoms with van der Waals surface area (Å²) in [5.74, 6) is -0.971. The van der Waals surface area contributed by atoms with Crippen molar-refractivity contribution in [3.05, 3.63) is 158 Å². The summed E-state index contributed by atoms with van der Waals surface area (Å²) in [5.41, 5.74) is 0. The average Bonchev–Trinajstić information content (AvgIpc) is 3.43. The first-order valence-electron chi connectivity index (χ1n) is 31.0. The summed E-state index contributed by atoms with van der Waals surface area (Å²) >= 11 is 0. The van der Waals surface area contributed by atoms with Crippen molar-refractivity contribution in [2.45, 2.75) is 258 Å². The van der Waals surface area contributed by atoms with Gasteiger partial charge in [-0.25, -0.2) is 0 Å². The molecule has 0 heterocycles. The van der Waals surface area contributed by atoms with Crippen LogP contribution < -0.4 is 0 Å². The smallest absolute Gasteiger partial charge is 0.306 e. The van der Waals surface area contributed by atoms with Crippen LogP contribution in [0.2, 0.25) is 0 Å². The van der Waals surface area contributed by atoms with Gasteiger partial charge in [-0.3, -0.25) is 14.4 Å². The largest absolute Gasteiger partial charge is 0.462 e. The highest BCUT2D eigenvalue weighted by molar-refractivity contribution is 5.71. The van der Waals surface area contributed by atoms with Gasteiger partial charge in [0, 0.05) is 19.3 Å². The molecule has 0 aromatic carbocycles. The summed E-state index contributed by atoms with van der Waals surface area (Å²) in [6.45, 7) is 6.34. The van der Waals surface area contributed by atoms with Crippen molar-refractivity contribution in [3.8, 4) is 0 Å². The number of unbranched alkanes of at least 4 members (excludes halogenated alkanes) is 17. The Morgan fingerprint density at radius 2 is 0.506 bits per heavy atom. The van der Waals surface area contributed by atoms with Crippen LogP contribution in [0.15, 0.2) is 158 Å². The van der Waals surface area contributed by atoms with E-state index in [0.717, 1.165) is 173 Å². The standard InChI is InChI=1S/C71H112O6/c1-4-7-10-13-16-19-22-25-27-28-29-30-31-32-33-34-35-36-37-38-39-40-41-42-44-46-49-52-55-58-61-64-70(73)76-67-68(66-75-69(72)63-60-57-54-51-48-45-24-21-18-15-12-9-6-3)77-71(74)65-62-59-56-53-50-47-43-26-23-20-17-14-11-8-5-2/h7-8,10-11,16-17,19-21,24-27,29-30,32-33,35-36,38-39,41-43,46,49,68H,4-6,9,12-15,18,22-23,28,31,34,37,40,44-45,47-48,50-67H2,1-3H3/b10-7-,11-8-,19-16-,20-17-,24-21-,27-25-,30-29-,33-32-,36-35-,39-38-,42-41-,43-26-,49-46-. The van der Waals surface area contributed by atoms with Crippen LogP contribution in [0.1, 0.15) is 252 Å². The topological polar surface area (TPSA) is 78.9 Å². The molecule has 0 saturated carbocycles. The van der Waals surface area contributed by atoms with Crippen LogP contribution >= 0.6 is 0 Å². The van der Waals surface area contributed by atoms with Crippen LogP contribution in [0.5, 0.6) is 0 Å². The minimum Gasteiger partial charge on any atom is -0.462 e. The van der Waals surface area contributed by atoms with Gasteiger partial charge in [-0.2, -0.15) is 0 Å². The molecule has 0 aliphatic heterocycles. The molecule has 0 bridgehead atoms. The van der Waals surface area contributed by atoms with Gasteiger partial charge < -0.3 is 14.2 Å². The molecule has 77 heavy (non-hydrogen) atoms. The van der Waals surface area contributed by atoms with Crippen molar-refractivity contribution < 1.29 is 28.6 Å². The van der Waals surface area contributed by atoms with E-state index in [1.165, 1.54) is 38.5 Å². The van der Waals surface area contributed by atoms with E-state index in [0.29, 0.717) is 19.3 Å². The number of esters is 3. The van der Waals surface area contributed by atoms with Crippen LogP contribution in [0.3, 0.4) is 0 Å². The fraction of sp³-hybridized carbons (Fsp3) is 0.592. The Labute approximate surface area is 473 Å². The van der Waals surface area contributed by atoms with Crippen LogP contribution in [0.4, 0.5) is 0 Å². The molecule has 0 saturated heterocycles. The third kappa shape index (κ3) is 61.8. The second kappa shape index (κ2) is 63.6. The SMILES string of the molecule is CC/C=C\C/C=C\C/C=C\C/C=C\C/C=C\C/C=C\C/C=C\C/C=C\C/C=C\CCCCCC(=O)OCC(COC(=O)CCCCCCC/C=C\CCCCCC)OC(=O)CCCCCCC/C=C\C/C=C\C/C=C\CC. The molecule has 6 nitrogen and oxygen atoms in total. The Morgan fingerprint density at radius 3 is 0.818 bits per heavy atom. The molecule has 0 aromatic heterocycles. The number of hydrogen-bond donors (Lipinski definition) is 0. The van der Waals surface area contributed by atoms with Crippen LogP contribution in [-0.2, 0) is 28.6 Å². The third-order valence-electron chi connectivity index (χ3n) is 12.5. The molecule has 1 unspecified atom stereocenters. The minimum absolute atomic E-state index is 0.106. The quantitative estimate of drug-likeness (QED) is 0.0261. The van der Waals surface area contributed by atoms with Crippen molar-refractivity contribution in [2.24, 2.45) is 0 Å². The Bertz CT molecular complexity index is 1740. The number of carbonyl (C=O) groups excluding carboxylic acids is 3. The van der Waals surface area contributed by atoms with Crippen molar-refractivity contribution in [1.29, 1.82) is 0 Å². The van der Waals surface area contributed by atoms with Crippen LogP contribution in [0.25, 0.3) is 0 Å². The molecule has 0 fully saturated rings. The summed E-state index contributed by atoms with van der Waals surface area (Å²) in [5, 5.41) is 0. The van der Waals surface area contributed by atoms with E-state index in [-0.39, 0.29) is 31.1 Å². The molecule has 0 aromatic rings. The predicted molar refractivity (Wildman–Crippen MR) is 334 cm³/mol. The van der Waals surface area contributed by atoms with Gasteiger partial charge in [0.15, 0.2) is 6.10 Å². The van der Waals surface area contributed by atoms with E-state index in [1.807, 2.05) is 0 Å². The first-order chi connectivity index (χ1) is 38.0. The van der Waals surface area contributed by atoms with Gasteiger partial charge in [0.25, 0.3) is 0 Å². The molecule has 0 aliphatic carbocycles. The van der Waals surface area contributed by atoms with Gasteiger partial charge in [0.05, 0.1) is 0 Å². The first-order valence-corrected chi connectivity index (χ1v) is 31.0. The minimum atomic E-state index is -0.812. The molecule has 0 N–H and O–H groups in total. The van der Waals surface area contributed by atoms with E-state index in [4.69, 9.17) is 14.2 Å². The van der Waals surface area contributed by atoms with Crippen LogP contribution in [-0.4, -0.2) is 37.2 Å². The van der Waals surface area contributed by atoms with Crippen molar-refractivity contribution in [2.75, 3.05) is 13.2 Å². The molecular weight excluding hydrogens is 949 g/mol. The maximum atomic E-state index is 12.9. The molecule has 0 radical (unpaired) electrons. The zero-order chi connectivity index (χ0) is 55.7. The lowest BCUT2D eigenvalue weighted by Crippen LogP contribution is -2.30. The van der Waals surface area contributed by atoms with Gasteiger partial charge in [-0.05, 0) is 148 Å².